The topological polar surface area (TPSA) is 70.8 Å². The van der Waals surface area contributed by atoms with Gasteiger partial charge in [-0.2, -0.15) is 0 Å². The third-order valence-corrected chi connectivity index (χ3v) is 4.37. The number of rotatable bonds is 5. The Morgan fingerprint density at radius 1 is 1.36 bits per heavy atom. The van der Waals surface area contributed by atoms with Crippen LogP contribution in [-0.2, 0) is 9.59 Å². The molecule has 5 heteroatoms. The standard InChI is InChI=1S/C17H19NO4/c1-3-18(16(19)12-9-13(12)17(20)21)10(2)15-8-11-6-4-5-7-14(11)22-15/h4-8,10,12-13H,3,9H2,1-2H3,(H,20,21). The first-order valence-corrected chi connectivity index (χ1v) is 7.54. The number of hydrogen-bond donors (Lipinski definition) is 1. The van der Waals surface area contributed by atoms with Crippen LogP contribution in [0.4, 0.5) is 0 Å². The van der Waals surface area contributed by atoms with E-state index in [0.29, 0.717) is 13.0 Å². The average molecular weight is 301 g/mol. The molecule has 116 valence electrons. The molecule has 0 aliphatic heterocycles. The number of carboxylic acid groups (broad SMARTS) is 1. The molecular formula is C17H19NO4. The number of furan rings is 1. The number of fused-ring (bicyclic) bond motifs is 1. The predicted molar refractivity (Wildman–Crippen MR) is 81.2 cm³/mol. The predicted octanol–water partition coefficient (Wildman–Crippen LogP) is 3.06. The molecule has 22 heavy (non-hydrogen) atoms. The van der Waals surface area contributed by atoms with E-state index in [4.69, 9.17) is 9.52 Å². The number of hydrogen-bond acceptors (Lipinski definition) is 3. The summed E-state index contributed by atoms with van der Waals surface area (Å²) in [5.41, 5.74) is 0.794. The Morgan fingerprint density at radius 3 is 2.68 bits per heavy atom. The molecule has 1 aliphatic carbocycles. The van der Waals surface area contributed by atoms with E-state index in [9.17, 15) is 9.59 Å². The van der Waals surface area contributed by atoms with E-state index >= 15 is 0 Å². The van der Waals surface area contributed by atoms with Gasteiger partial charge >= 0.3 is 5.97 Å². The fourth-order valence-corrected chi connectivity index (χ4v) is 2.94. The van der Waals surface area contributed by atoms with Gasteiger partial charge in [0.15, 0.2) is 0 Å². The number of benzene rings is 1. The molecule has 3 unspecified atom stereocenters. The molecule has 2 aromatic rings. The van der Waals surface area contributed by atoms with Crippen LogP contribution in [0.3, 0.4) is 0 Å². The zero-order valence-corrected chi connectivity index (χ0v) is 12.7. The lowest BCUT2D eigenvalue weighted by Gasteiger charge is -2.26. The Morgan fingerprint density at radius 2 is 2.09 bits per heavy atom. The van der Waals surface area contributed by atoms with Crippen LogP contribution in [0.5, 0.6) is 0 Å². The summed E-state index contributed by atoms with van der Waals surface area (Å²) in [4.78, 5) is 25.2. The smallest absolute Gasteiger partial charge is 0.307 e. The molecule has 0 radical (unpaired) electrons. The molecular weight excluding hydrogens is 282 g/mol. The minimum Gasteiger partial charge on any atom is -0.481 e. The molecule has 1 aromatic heterocycles. The van der Waals surface area contributed by atoms with E-state index < -0.39 is 11.9 Å². The molecule has 1 amide bonds. The van der Waals surface area contributed by atoms with E-state index in [1.54, 1.807) is 4.90 Å². The monoisotopic (exact) mass is 301 g/mol. The molecule has 1 aliphatic rings. The molecule has 1 N–H and O–H groups in total. The van der Waals surface area contributed by atoms with Crippen molar-refractivity contribution >= 4 is 22.8 Å². The molecule has 1 fully saturated rings. The summed E-state index contributed by atoms with van der Waals surface area (Å²) in [5.74, 6) is -1.16. The van der Waals surface area contributed by atoms with Crippen LogP contribution >= 0.6 is 0 Å². The Kier molecular flexibility index (Phi) is 3.64. The lowest BCUT2D eigenvalue weighted by Crippen LogP contribution is -2.35. The summed E-state index contributed by atoms with van der Waals surface area (Å²) in [6.45, 7) is 4.34. The Balaban J connectivity index is 1.80. The number of carbonyl (C=O) groups excluding carboxylic acids is 1. The first kappa shape index (κ1) is 14.6. The fraction of sp³-hybridized carbons (Fsp3) is 0.412. The average Bonchev–Trinajstić information content (AvgIpc) is 3.19. The number of carbonyl (C=O) groups is 2. The Labute approximate surface area is 128 Å². The van der Waals surface area contributed by atoms with E-state index in [1.165, 1.54) is 0 Å². The fourth-order valence-electron chi connectivity index (χ4n) is 2.94. The summed E-state index contributed by atoms with van der Waals surface area (Å²) < 4.78 is 5.83. The quantitative estimate of drug-likeness (QED) is 0.921. The lowest BCUT2D eigenvalue weighted by molar-refractivity contribution is -0.142. The van der Waals surface area contributed by atoms with E-state index in [-0.39, 0.29) is 17.9 Å². The van der Waals surface area contributed by atoms with Crippen LogP contribution in [-0.4, -0.2) is 28.4 Å². The van der Waals surface area contributed by atoms with Gasteiger partial charge in [-0.1, -0.05) is 18.2 Å². The van der Waals surface area contributed by atoms with Crippen molar-refractivity contribution in [2.75, 3.05) is 6.54 Å². The van der Waals surface area contributed by atoms with Crippen LogP contribution in [0.25, 0.3) is 11.0 Å². The highest BCUT2D eigenvalue weighted by atomic mass is 16.4. The van der Waals surface area contributed by atoms with Gasteiger partial charge in [0, 0.05) is 11.9 Å². The van der Waals surface area contributed by atoms with Crippen molar-refractivity contribution in [3.8, 4) is 0 Å². The summed E-state index contributed by atoms with van der Waals surface area (Å²) >= 11 is 0. The summed E-state index contributed by atoms with van der Waals surface area (Å²) in [6, 6.07) is 9.44. The van der Waals surface area contributed by atoms with Crippen molar-refractivity contribution in [2.24, 2.45) is 11.8 Å². The second kappa shape index (κ2) is 5.48. The molecule has 1 aromatic carbocycles. The maximum absolute atomic E-state index is 12.5. The van der Waals surface area contributed by atoms with Crippen molar-refractivity contribution in [3.05, 3.63) is 36.1 Å². The van der Waals surface area contributed by atoms with Gasteiger partial charge < -0.3 is 14.4 Å². The zero-order valence-electron chi connectivity index (χ0n) is 12.7. The SMILES string of the molecule is CCN(C(=O)C1CC1C(=O)O)C(C)c1cc2ccccc2o1. The molecule has 1 saturated carbocycles. The van der Waals surface area contributed by atoms with Gasteiger partial charge in [0.05, 0.1) is 17.9 Å². The van der Waals surface area contributed by atoms with E-state index in [2.05, 4.69) is 0 Å². The van der Waals surface area contributed by atoms with Crippen molar-refractivity contribution < 1.29 is 19.1 Å². The number of aliphatic carboxylic acids is 1. The summed E-state index contributed by atoms with van der Waals surface area (Å²) in [7, 11) is 0. The highest BCUT2D eigenvalue weighted by Gasteiger charge is 2.50. The Hall–Kier alpha value is -2.30. The minimum absolute atomic E-state index is 0.0946. The first-order chi connectivity index (χ1) is 10.5. The van der Waals surface area contributed by atoms with Crippen molar-refractivity contribution in [3.63, 3.8) is 0 Å². The second-order valence-corrected chi connectivity index (χ2v) is 5.77. The van der Waals surface area contributed by atoms with Crippen LogP contribution in [0.2, 0.25) is 0 Å². The third kappa shape index (κ3) is 2.47. The highest BCUT2D eigenvalue weighted by Crippen LogP contribution is 2.41. The van der Waals surface area contributed by atoms with Crippen LogP contribution in [0, 0.1) is 11.8 Å². The van der Waals surface area contributed by atoms with Gasteiger partial charge in [-0.15, -0.1) is 0 Å². The van der Waals surface area contributed by atoms with Crippen LogP contribution in [0.15, 0.2) is 34.7 Å². The second-order valence-electron chi connectivity index (χ2n) is 5.77. The number of nitrogens with zero attached hydrogens (tertiary/aromatic N) is 1. The highest BCUT2D eigenvalue weighted by molar-refractivity contribution is 5.89. The molecule has 3 atom stereocenters. The van der Waals surface area contributed by atoms with Gasteiger partial charge in [-0.05, 0) is 32.4 Å². The third-order valence-electron chi connectivity index (χ3n) is 4.37. The van der Waals surface area contributed by atoms with Gasteiger partial charge in [0.25, 0.3) is 0 Å². The number of para-hydroxylation sites is 1. The van der Waals surface area contributed by atoms with Gasteiger partial charge in [0.1, 0.15) is 11.3 Å². The minimum atomic E-state index is -0.884. The normalized spacial score (nSPS) is 21.5. The lowest BCUT2D eigenvalue weighted by atomic mass is 10.1. The largest absolute Gasteiger partial charge is 0.481 e. The van der Waals surface area contributed by atoms with Crippen molar-refractivity contribution in [1.29, 1.82) is 0 Å². The number of carboxylic acids is 1. The zero-order chi connectivity index (χ0) is 15.9. The molecule has 1 heterocycles. The molecule has 0 saturated heterocycles. The Bertz CT molecular complexity index is 687. The van der Waals surface area contributed by atoms with E-state index in [0.717, 1.165) is 16.7 Å². The maximum Gasteiger partial charge on any atom is 0.307 e. The molecule has 5 nitrogen and oxygen atoms in total. The van der Waals surface area contributed by atoms with E-state index in [1.807, 2.05) is 44.2 Å². The summed E-state index contributed by atoms with van der Waals surface area (Å²) in [5, 5.41) is 9.99. The molecule has 0 bridgehead atoms. The molecule has 3 rings (SSSR count). The van der Waals surface area contributed by atoms with Gasteiger partial charge in [-0.25, -0.2) is 0 Å². The van der Waals surface area contributed by atoms with Gasteiger partial charge in [0.2, 0.25) is 5.91 Å². The maximum atomic E-state index is 12.5. The van der Waals surface area contributed by atoms with Crippen LogP contribution < -0.4 is 0 Å². The van der Waals surface area contributed by atoms with Crippen LogP contribution in [0.1, 0.15) is 32.1 Å². The van der Waals surface area contributed by atoms with Gasteiger partial charge in [-0.3, -0.25) is 9.59 Å². The summed E-state index contributed by atoms with van der Waals surface area (Å²) in [6.07, 6.45) is 0.442. The first-order valence-electron chi connectivity index (χ1n) is 7.54. The number of amides is 1. The van der Waals surface area contributed by atoms with Crippen molar-refractivity contribution in [2.45, 2.75) is 26.3 Å². The molecule has 0 spiro atoms. The van der Waals surface area contributed by atoms with Crippen molar-refractivity contribution in [1.82, 2.24) is 4.90 Å².